The maximum Gasteiger partial charge on any atom is 0.342 e. The highest BCUT2D eigenvalue weighted by atomic mass is 35.5. The second-order valence-corrected chi connectivity index (χ2v) is 7.18. The van der Waals surface area contributed by atoms with Crippen molar-refractivity contribution in [3.63, 3.8) is 0 Å². The van der Waals surface area contributed by atoms with Crippen molar-refractivity contribution in [2.24, 2.45) is 0 Å². The minimum atomic E-state index is -0.601. The SMILES string of the molecule is CCOC(=O)c1c(C)oc2nc(CN(C)Cc3ccc(Cl)c(Cl)c3)[nH]c(=O)c12. The summed E-state index contributed by atoms with van der Waals surface area (Å²) < 4.78 is 10.5. The van der Waals surface area contributed by atoms with Crippen molar-refractivity contribution in [1.82, 2.24) is 14.9 Å². The summed E-state index contributed by atoms with van der Waals surface area (Å²) in [5.74, 6) is 0.118. The molecule has 0 aliphatic rings. The van der Waals surface area contributed by atoms with Crippen LogP contribution in [0.15, 0.2) is 27.4 Å². The van der Waals surface area contributed by atoms with Gasteiger partial charge in [-0.05, 0) is 38.6 Å². The molecule has 0 bridgehead atoms. The number of furan rings is 1. The van der Waals surface area contributed by atoms with Crippen LogP contribution in [-0.4, -0.2) is 34.5 Å². The lowest BCUT2D eigenvalue weighted by Gasteiger charge is -2.16. The van der Waals surface area contributed by atoms with Crippen LogP contribution in [0.1, 0.15) is 34.4 Å². The summed E-state index contributed by atoms with van der Waals surface area (Å²) in [5, 5.41) is 1.08. The van der Waals surface area contributed by atoms with Crippen LogP contribution < -0.4 is 5.56 Å². The molecule has 0 spiro atoms. The fourth-order valence-corrected chi connectivity index (χ4v) is 3.27. The van der Waals surface area contributed by atoms with Gasteiger partial charge in [-0.2, -0.15) is 4.98 Å². The molecule has 2 heterocycles. The summed E-state index contributed by atoms with van der Waals surface area (Å²) in [6.07, 6.45) is 0. The number of hydrogen-bond acceptors (Lipinski definition) is 6. The first-order chi connectivity index (χ1) is 13.3. The van der Waals surface area contributed by atoms with Crippen molar-refractivity contribution in [1.29, 1.82) is 0 Å². The first kappa shape index (κ1) is 20.4. The molecule has 0 fully saturated rings. The second kappa shape index (κ2) is 8.34. The van der Waals surface area contributed by atoms with Crippen LogP contribution >= 0.6 is 23.2 Å². The zero-order valence-electron chi connectivity index (χ0n) is 15.6. The second-order valence-electron chi connectivity index (χ2n) is 6.37. The quantitative estimate of drug-likeness (QED) is 0.603. The van der Waals surface area contributed by atoms with Crippen LogP contribution in [0.2, 0.25) is 10.0 Å². The summed E-state index contributed by atoms with van der Waals surface area (Å²) in [7, 11) is 1.88. The smallest absolute Gasteiger partial charge is 0.342 e. The number of halogens is 2. The molecular weight excluding hydrogens is 405 g/mol. The number of hydrogen-bond donors (Lipinski definition) is 1. The molecule has 0 radical (unpaired) electrons. The number of aromatic nitrogens is 2. The van der Waals surface area contributed by atoms with Gasteiger partial charge in [0, 0.05) is 6.54 Å². The van der Waals surface area contributed by atoms with Crippen molar-refractivity contribution in [3.05, 3.63) is 61.3 Å². The molecule has 0 saturated carbocycles. The fourth-order valence-electron chi connectivity index (χ4n) is 2.95. The Hall–Kier alpha value is -2.35. The molecule has 0 amide bonds. The number of benzene rings is 1. The molecule has 1 N–H and O–H groups in total. The van der Waals surface area contributed by atoms with Crippen LogP contribution in [0, 0.1) is 6.92 Å². The number of rotatable bonds is 6. The summed E-state index contributed by atoms with van der Waals surface area (Å²) in [6.45, 7) is 4.43. The maximum atomic E-state index is 12.6. The van der Waals surface area contributed by atoms with Crippen LogP contribution in [0.3, 0.4) is 0 Å². The van der Waals surface area contributed by atoms with E-state index < -0.39 is 11.5 Å². The molecule has 3 aromatic rings. The molecular formula is C19H19Cl2N3O4. The van der Waals surface area contributed by atoms with E-state index in [-0.39, 0.29) is 23.3 Å². The van der Waals surface area contributed by atoms with Gasteiger partial charge >= 0.3 is 5.97 Å². The van der Waals surface area contributed by atoms with Gasteiger partial charge in [0.2, 0.25) is 5.71 Å². The Morgan fingerprint density at radius 2 is 2.04 bits per heavy atom. The van der Waals surface area contributed by atoms with Crippen molar-refractivity contribution in [2.45, 2.75) is 26.9 Å². The molecule has 0 atom stereocenters. The van der Waals surface area contributed by atoms with Crippen molar-refractivity contribution in [3.8, 4) is 0 Å². The van der Waals surface area contributed by atoms with Gasteiger partial charge in [-0.1, -0.05) is 29.3 Å². The van der Waals surface area contributed by atoms with Crippen LogP contribution in [0.5, 0.6) is 0 Å². The molecule has 1 aromatic carbocycles. The average molecular weight is 424 g/mol. The van der Waals surface area contributed by atoms with E-state index in [4.69, 9.17) is 32.4 Å². The van der Waals surface area contributed by atoms with Gasteiger partial charge in [-0.25, -0.2) is 4.79 Å². The van der Waals surface area contributed by atoms with E-state index in [1.807, 2.05) is 18.0 Å². The van der Waals surface area contributed by atoms with Gasteiger partial charge in [-0.3, -0.25) is 9.69 Å². The number of nitrogens with one attached hydrogen (secondary N) is 1. The van der Waals surface area contributed by atoms with Gasteiger partial charge < -0.3 is 14.1 Å². The van der Waals surface area contributed by atoms with E-state index in [9.17, 15) is 9.59 Å². The number of carbonyl (C=O) groups is 1. The van der Waals surface area contributed by atoms with Gasteiger partial charge in [0.1, 0.15) is 22.5 Å². The first-order valence-electron chi connectivity index (χ1n) is 8.62. The Morgan fingerprint density at radius 1 is 1.29 bits per heavy atom. The van der Waals surface area contributed by atoms with Crippen LogP contribution in [-0.2, 0) is 17.8 Å². The third kappa shape index (κ3) is 4.22. The largest absolute Gasteiger partial charge is 0.462 e. The molecule has 7 nitrogen and oxygen atoms in total. The van der Waals surface area contributed by atoms with E-state index in [0.717, 1.165) is 5.56 Å². The van der Waals surface area contributed by atoms with E-state index in [2.05, 4.69) is 9.97 Å². The van der Waals surface area contributed by atoms with E-state index in [0.29, 0.717) is 34.7 Å². The number of esters is 1. The number of aryl methyl sites for hydroxylation is 1. The number of ether oxygens (including phenoxy) is 1. The Balaban J connectivity index is 1.85. The lowest BCUT2D eigenvalue weighted by molar-refractivity contribution is 0.0526. The lowest BCUT2D eigenvalue weighted by Crippen LogP contribution is -2.22. The van der Waals surface area contributed by atoms with Crippen LogP contribution in [0.25, 0.3) is 11.1 Å². The number of H-pyrrole nitrogens is 1. The number of nitrogens with zero attached hydrogens (tertiary/aromatic N) is 2. The molecule has 0 saturated heterocycles. The monoisotopic (exact) mass is 423 g/mol. The minimum Gasteiger partial charge on any atom is -0.462 e. The molecule has 0 unspecified atom stereocenters. The highest BCUT2D eigenvalue weighted by Gasteiger charge is 2.23. The average Bonchev–Trinajstić information content (AvgIpc) is 2.94. The maximum absolute atomic E-state index is 12.6. The molecule has 28 heavy (non-hydrogen) atoms. The highest BCUT2D eigenvalue weighted by molar-refractivity contribution is 6.42. The Kier molecular flexibility index (Phi) is 6.07. The summed E-state index contributed by atoms with van der Waals surface area (Å²) >= 11 is 12.0. The summed E-state index contributed by atoms with van der Waals surface area (Å²) in [5.41, 5.74) is 0.755. The normalized spacial score (nSPS) is 11.4. The Labute approximate surface area is 171 Å². The zero-order chi connectivity index (χ0) is 20.4. The van der Waals surface area contributed by atoms with Gasteiger partial charge in [0.15, 0.2) is 0 Å². The standard InChI is InChI=1S/C19H19Cl2N3O4/c1-4-27-19(26)15-10(2)28-18-16(15)17(25)22-14(23-18)9-24(3)8-11-5-6-12(20)13(21)7-11/h5-7H,4,8-9H2,1-3H3,(H,22,23,25). The van der Waals surface area contributed by atoms with Crippen LogP contribution in [0.4, 0.5) is 0 Å². The van der Waals surface area contributed by atoms with E-state index >= 15 is 0 Å². The molecule has 9 heteroatoms. The molecule has 3 rings (SSSR count). The topological polar surface area (TPSA) is 88.4 Å². The number of carbonyl (C=O) groups excluding carboxylic acids is 1. The third-order valence-electron chi connectivity index (χ3n) is 4.12. The fraction of sp³-hybridized carbons (Fsp3) is 0.316. The van der Waals surface area contributed by atoms with Crippen molar-refractivity contribution >= 4 is 40.3 Å². The Bertz CT molecular complexity index is 1090. The Morgan fingerprint density at radius 3 is 2.71 bits per heavy atom. The molecule has 0 aliphatic heterocycles. The van der Waals surface area contributed by atoms with E-state index in [1.54, 1.807) is 26.0 Å². The van der Waals surface area contributed by atoms with E-state index in [1.165, 1.54) is 0 Å². The lowest BCUT2D eigenvalue weighted by atomic mass is 10.2. The number of aromatic amines is 1. The first-order valence-corrected chi connectivity index (χ1v) is 9.37. The zero-order valence-corrected chi connectivity index (χ0v) is 17.1. The van der Waals surface area contributed by atoms with Crippen molar-refractivity contribution < 1.29 is 13.9 Å². The van der Waals surface area contributed by atoms with Gasteiger partial charge in [0.05, 0.1) is 23.2 Å². The predicted molar refractivity (Wildman–Crippen MR) is 107 cm³/mol. The molecule has 148 valence electrons. The molecule has 2 aromatic heterocycles. The summed E-state index contributed by atoms with van der Waals surface area (Å²) in [6, 6.07) is 5.41. The van der Waals surface area contributed by atoms with Gasteiger partial charge in [-0.15, -0.1) is 0 Å². The predicted octanol–water partition coefficient (Wildman–Crippen LogP) is 3.94. The summed E-state index contributed by atoms with van der Waals surface area (Å²) in [4.78, 5) is 33.7. The van der Waals surface area contributed by atoms with Crippen molar-refractivity contribution in [2.75, 3.05) is 13.7 Å². The highest BCUT2D eigenvalue weighted by Crippen LogP contribution is 2.24. The van der Waals surface area contributed by atoms with Gasteiger partial charge in [0.25, 0.3) is 5.56 Å². The molecule has 0 aliphatic carbocycles. The number of fused-ring (bicyclic) bond motifs is 1. The minimum absolute atomic E-state index is 0.104. The third-order valence-corrected chi connectivity index (χ3v) is 4.86.